The van der Waals surface area contributed by atoms with Gasteiger partial charge in [0, 0.05) is 36.6 Å². The maximum atomic E-state index is 13.6. The highest BCUT2D eigenvalue weighted by atomic mass is 32.2. The summed E-state index contributed by atoms with van der Waals surface area (Å²) in [6.45, 7) is 5.47. The Morgan fingerprint density at radius 2 is 1.78 bits per heavy atom. The Bertz CT molecular complexity index is 1310. The van der Waals surface area contributed by atoms with Gasteiger partial charge in [0.2, 0.25) is 10.0 Å². The number of benzene rings is 2. The third kappa shape index (κ3) is 5.76. The van der Waals surface area contributed by atoms with Crippen molar-refractivity contribution in [1.29, 1.82) is 0 Å². The highest BCUT2D eigenvalue weighted by Gasteiger charge is 2.32. The van der Waals surface area contributed by atoms with Gasteiger partial charge in [0.1, 0.15) is 0 Å². The smallest absolute Gasteiger partial charge is 0.260 e. The molecule has 1 fully saturated rings. The fourth-order valence-electron chi connectivity index (χ4n) is 4.18. The summed E-state index contributed by atoms with van der Waals surface area (Å²) in [5, 5.41) is 0.631. The second kappa shape index (κ2) is 11.2. The lowest BCUT2D eigenvalue weighted by atomic mass is 10.2. The van der Waals surface area contributed by atoms with Gasteiger partial charge in [-0.05, 0) is 70.6 Å². The molecule has 36 heavy (non-hydrogen) atoms. The first-order valence-corrected chi connectivity index (χ1v) is 15.2. The molecule has 0 bridgehead atoms. The average molecular weight is 549 g/mol. The molecule has 11 heteroatoms. The Kier molecular flexibility index (Phi) is 8.38. The van der Waals surface area contributed by atoms with Crippen LogP contribution in [0.25, 0.3) is 10.2 Å². The summed E-state index contributed by atoms with van der Waals surface area (Å²) in [5.74, 6) is -0.209. The number of amides is 1. The number of fused-ring (bicyclic) bond motifs is 1. The lowest BCUT2D eigenvalue weighted by Crippen LogP contribution is -2.48. The minimum Gasteiger partial charge on any atom is -0.373 e. The largest absolute Gasteiger partial charge is 0.373 e. The van der Waals surface area contributed by atoms with Crippen LogP contribution in [0.4, 0.5) is 5.13 Å². The number of carbonyl (C=O) groups is 1. The van der Waals surface area contributed by atoms with E-state index in [-0.39, 0.29) is 23.0 Å². The summed E-state index contributed by atoms with van der Waals surface area (Å²) in [7, 11) is 0.236. The van der Waals surface area contributed by atoms with Gasteiger partial charge in [-0.25, -0.2) is 13.4 Å². The minimum absolute atomic E-state index is 0.171. The topological polar surface area (TPSA) is 83.1 Å². The monoisotopic (exact) mass is 548 g/mol. The van der Waals surface area contributed by atoms with E-state index in [0.29, 0.717) is 36.9 Å². The Morgan fingerprint density at radius 1 is 1.11 bits per heavy atom. The van der Waals surface area contributed by atoms with Gasteiger partial charge in [0.05, 0.1) is 27.3 Å². The molecule has 0 spiro atoms. The van der Waals surface area contributed by atoms with E-state index in [4.69, 9.17) is 9.72 Å². The molecule has 1 saturated heterocycles. The van der Waals surface area contributed by atoms with Gasteiger partial charge in [-0.15, -0.1) is 11.8 Å². The fourth-order valence-corrected chi connectivity index (χ4v) is 7.41. The van der Waals surface area contributed by atoms with E-state index >= 15 is 0 Å². The second-order valence-electron chi connectivity index (χ2n) is 9.17. The van der Waals surface area contributed by atoms with E-state index in [0.717, 1.165) is 15.1 Å². The molecule has 0 aliphatic carbocycles. The predicted octanol–water partition coefficient (Wildman–Crippen LogP) is 4.02. The second-order valence-corrected chi connectivity index (χ2v) is 13.0. The van der Waals surface area contributed by atoms with Crippen molar-refractivity contribution in [3.05, 3.63) is 48.0 Å². The van der Waals surface area contributed by atoms with Crippen molar-refractivity contribution < 1.29 is 17.9 Å². The Balaban J connectivity index is 1.62. The van der Waals surface area contributed by atoms with Crippen LogP contribution in [0.3, 0.4) is 0 Å². The number of likely N-dealkylation sites (N-methyl/N-ethyl adjacent to an activating group) is 1. The number of rotatable bonds is 8. The zero-order chi connectivity index (χ0) is 26.0. The van der Waals surface area contributed by atoms with E-state index in [1.54, 1.807) is 28.8 Å². The van der Waals surface area contributed by atoms with Gasteiger partial charge < -0.3 is 9.64 Å². The van der Waals surface area contributed by atoms with Crippen LogP contribution in [-0.2, 0) is 14.8 Å². The van der Waals surface area contributed by atoms with Crippen molar-refractivity contribution in [3.8, 4) is 0 Å². The van der Waals surface area contributed by atoms with Crippen LogP contribution < -0.4 is 4.90 Å². The number of aromatic nitrogens is 1. The quantitative estimate of drug-likeness (QED) is 0.393. The molecule has 2 heterocycles. The molecule has 0 radical (unpaired) electrons. The SMILES string of the molecule is CSc1cccc2sc(N(CCN(C)C)C(=O)c3ccc(S(=O)(=O)N4CC(C)OC(C)C4)cc3)nc12. The van der Waals surface area contributed by atoms with Gasteiger partial charge >= 0.3 is 0 Å². The Hall–Kier alpha value is -2.02. The third-order valence-corrected chi connectivity index (χ3v) is 9.62. The molecule has 1 aliphatic rings. The lowest BCUT2D eigenvalue weighted by Gasteiger charge is -2.34. The lowest BCUT2D eigenvalue weighted by molar-refractivity contribution is -0.0440. The summed E-state index contributed by atoms with van der Waals surface area (Å²) in [6, 6.07) is 12.2. The van der Waals surface area contributed by atoms with Crippen LogP contribution in [0.1, 0.15) is 24.2 Å². The van der Waals surface area contributed by atoms with Crippen molar-refractivity contribution in [2.24, 2.45) is 0 Å². The molecule has 2 aromatic carbocycles. The summed E-state index contributed by atoms with van der Waals surface area (Å²) < 4.78 is 34.6. The molecule has 1 aromatic heterocycles. The van der Waals surface area contributed by atoms with Gasteiger partial charge in [-0.3, -0.25) is 9.69 Å². The summed E-state index contributed by atoms with van der Waals surface area (Å²) in [4.78, 5) is 23.4. The van der Waals surface area contributed by atoms with Gasteiger partial charge in [0.15, 0.2) is 5.13 Å². The van der Waals surface area contributed by atoms with E-state index in [1.807, 2.05) is 57.3 Å². The van der Waals surface area contributed by atoms with Gasteiger partial charge in [-0.2, -0.15) is 4.31 Å². The summed E-state index contributed by atoms with van der Waals surface area (Å²) >= 11 is 3.11. The molecule has 8 nitrogen and oxygen atoms in total. The maximum absolute atomic E-state index is 13.6. The summed E-state index contributed by atoms with van der Waals surface area (Å²) in [6.07, 6.45) is 1.67. The average Bonchev–Trinajstić information content (AvgIpc) is 3.27. The minimum atomic E-state index is -3.68. The first-order valence-electron chi connectivity index (χ1n) is 11.8. The van der Waals surface area contributed by atoms with E-state index in [2.05, 4.69) is 0 Å². The van der Waals surface area contributed by atoms with Gasteiger partial charge in [-0.1, -0.05) is 17.4 Å². The Morgan fingerprint density at radius 3 is 2.39 bits per heavy atom. The number of carbonyl (C=O) groups excluding carboxylic acids is 1. The Labute approximate surface area is 221 Å². The van der Waals surface area contributed by atoms with Crippen LogP contribution in [0.2, 0.25) is 0 Å². The number of thioether (sulfide) groups is 1. The number of hydrogen-bond acceptors (Lipinski definition) is 8. The highest BCUT2D eigenvalue weighted by Crippen LogP contribution is 2.34. The number of para-hydroxylation sites is 1. The molecule has 2 atom stereocenters. The number of thiazole rings is 1. The molecule has 1 aliphatic heterocycles. The zero-order valence-electron chi connectivity index (χ0n) is 21.2. The highest BCUT2D eigenvalue weighted by molar-refractivity contribution is 7.98. The van der Waals surface area contributed by atoms with Gasteiger partial charge in [0.25, 0.3) is 5.91 Å². The van der Waals surface area contributed by atoms with Crippen molar-refractivity contribution in [2.75, 3.05) is 51.4 Å². The van der Waals surface area contributed by atoms with Crippen LogP contribution >= 0.6 is 23.1 Å². The number of sulfonamides is 1. The van der Waals surface area contributed by atoms with Crippen LogP contribution in [0.15, 0.2) is 52.3 Å². The maximum Gasteiger partial charge on any atom is 0.260 e. The molecular weight excluding hydrogens is 517 g/mol. The zero-order valence-corrected chi connectivity index (χ0v) is 23.6. The first-order chi connectivity index (χ1) is 17.1. The van der Waals surface area contributed by atoms with Crippen molar-refractivity contribution >= 4 is 54.4 Å². The van der Waals surface area contributed by atoms with Crippen LogP contribution in [-0.4, -0.2) is 87.3 Å². The summed E-state index contributed by atoms with van der Waals surface area (Å²) in [5.41, 5.74) is 1.31. The van der Waals surface area contributed by atoms with Crippen molar-refractivity contribution in [3.63, 3.8) is 0 Å². The van der Waals surface area contributed by atoms with E-state index in [9.17, 15) is 13.2 Å². The molecular formula is C25H32N4O4S3. The van der Waals surface area contributed by atoms with E-state index in [1.165, 1.54) is 27.8 Å². The predicted molar refractivity (Wildman–Crippen MR) is 147 cm³/mol. The van der Waals surface area contributed by atoms with Crippen LogP contribution in [0, 0.1) is 0 Å². The fraction of sp³-hybridized carbons (Fsp3) is 0.440. The third-order valence-electron chi connectivity index (χ3n) is 5.96. The van der Waals surface area contributed by atoms with Crippen LogP contribution in [0.5, 0.6) is 0 Å². The number of nitrogens with zero attached hydrogens (tertiary/aromatic N) is 4. The molecule has 4 rings (SSSR count). The number of ether oxygens (including phenoxy) is 1. The molecule has 194 valence electrons. The van der Waals surface area contributed by atoms with E-state index < -0.39 is 10.0 Å². The normalized spacial score (nSPS) is 19.2. The standard InChI is InChI=1S/C25H32N4O4S3/c1-17-15-28(16-18(2)33-17)36(31,32)20-11-9-19(10-12-20)24(30)29(14-13-27(3)4)25-26-23-21(34-5)7-6-8-22(23)35-25/h6-12,17-18H,13-16H2,1-5H3. The number of morpholine rings is 1. The molecule has 0 saturated carbocycles. The molecule has 3 aromatic rings. The van der Waals surface area contributed by atoms with Crippen molar-refractivity contribution in [1.82, 2.24) is 14.2 Å². The number of hydrogen-bond donors (Lipinski definition) is 0. The molecule has 0 N–H and O–H groups in total. The molecule has 1 amide bonds. The number of anilines is 1. The van der Waals surface area contributed by atoms with Crippen molar-refractivity contribution in [2.45, 2.75) is 35.8 Å². The molecule has 2 unspecified atom stereocenters. The first kappa shape index (κ1) is 27.0.